The number of hydrogen-bond acceptors (Lipinski definition) is 2. The van der Waals surface area contributed by atoms with Crippen LogP contribution in [0.4, 0.5) is 30.7 Å². The molecule has 1 amide bonds. The number of rotatable bonds is 6. The fourth-order valence-corrected chi connectivity index (χ4v) is 2.81. The number of allylic oxidation sites excluding steroid dienone is 1. The number of benzene rings is 2. The molecule has 0 aliphatic carbocycles. The maximum atomic E-state index is 13.1. The Morgan fingerprint density at radius 3 is 2.03 bits per heavy atom. The van der Waals surface area contributed by atoms with E-state index in [0.717, 1.165) is 43.3 Å². The van der Waals surface area contributed by atoms with Crippen LogP contribution in [0.25, 0.3) is 0 Å². The highest BCUT2D eigenvalue weighted by molar-refractivity contribution is 5.93. The van der Waals surface area contributed by atoms with Gasteiger partial charge in [-0.15, -0.1) is 0 Å². The van der Waals surface area contributed by atoms with Gasteiger partial charge in [0, 0.05) is 11.6 Å². The minimum Gasteiger partial charge on any atom is -0.386 e. The number of carbonyl (C=O) groups is 1. The van der Waals surface area contributed by atoms with Crippen molar-refractivity contribution in [3.05, 3.63) is 82.7 Å². The van der Waals surface area contributed by atoms with Crippen molar-refractivity contribution in [2.24, 2.45) is 0 Å². The Bertz CT molecular complexity index is 917. The number of aliphatic hydroxyl groups excluding tert-OH is 1. The van der Waals surface area contributed by atoms with Crippen molar-refractivity contribution in [2.75, 3.05) is 0 Å². The zero-order chi connectivity index (χ0) is 23.4. The molecule has 168 valence electrons. The van der Waals surface area contributed by atoms with Crippen LogP contribution in [0.3, 0.4) is 0 Å². The van der Waals surface area contributed by atoms with Gasteiger partial charge in [0.2, 0.25) is 5.91 Å². The second kappa shape index (κ2) is 9.51. The second-order valence-electron chi connectivity index (χ2n) is 6.84. The first-order chi connectivity index (χ1) is 14.3. The van der Waals surface area contributed by atoms with Gasteiger partial charge in [-0.2, -0.15) is 26.3 Å². The molecule has 0 bridgehead atoms. The highest BCUT2D eigenvalue weighted by Gasteiger charge is 2.31. The van der Waals surface area contributed by atoms with Crippen LogP contribution in [-0.2, 0) is 17.4 Å². The Balaban J connectivity index is 2.30. The lowest BCUT2D eigenvalue weighted by Crippen LogP contribution is -2.41. The largest absolute Gasteiger partial charge is 0.416 e. The Kier molecular flexibility index (Phi) is 7.48. The van der Waals surface area contributed by atoms with Crippen LogP contribution < -0.4 is 5.32 Å². The summed E-state index contributed by atoms with van der Waals surface area (Å²) in [6.07, 6.45) is -11.2. The van der Waals surface area contributed by atoms with Crippen LogP contribution in [0.2, 0.25) is 0 Å². The summed E-state index contributed by atoms with van der Waals surface area (Å²) >= 11 is 0. The van der Waals surface area contributed by atoms with Gasteiger partial charge < -0.3 is 10.4 Å². The molecule has 31 heavy (non-hydrogen) atoms. The molecule has 2 aromatic rings. The van der Waals surface area contributed by atoms with Crippen LogP contribution in [0.1, 0.15) is 29.7 Å². The summed E-state index contributed by atoms with van der Waals surface area (Å²) < 4.78 is 88.9. The summed E-state index contributed by atoms with van der Waals surface area (Å²) in [5.74, 6) is -1.71. The lowest BCUT2D eigenvalue weighted by atomic mass is 9.95. The van der Waals surface area contributed by atoms with Crippen LogP contribution in [0, 0.1) is 5.82 Å². The van der Waals surface area contributed by atoms with Gasteiger partial charge in [0.25, 0.3) is 0 Å². The smallest absolute Gasteiger partial charge is 0.386 e. The van der Waals surface area contributed by atoms with Gasteiger partial charge in [0.1, 0.15) is 5.82 Å². The standard InChI is InChI=1S/C21H18F7NO2/c1-12(11-20(23,24)25)19(31)29-17(18(30)14-4-8-16(22)9-5-14)10-13-2-6-15(7-3-13)21(26,27)28/h2-9,11,17-18,30H,10H2,1H3,(H,29,31)/b12-11+. The first-order valence-electron chi connectivity index (χ1n) is 8.93. The number of hydrogen-bond donors (Lipinski definition) is 2. The van der Waals surface area contributed by atoms with E-state index < -0.39 is 47.4 Å². The Hall–Kier alpha value is -2.88. The van der Waals surface area contributed by atoms with E-state index in [0.29, 0.717) is 0 Å². The molecule has 2 atom stereocenters. The first kappa shape index (κ1) is 24.4. The van der Waals surface area contributed by atoms with E-state index in [1.807, 2.05) is 0 Å². The fourth-order valence-electron chi connectivity index (χ4n) is 2.81. The topological polar surface area (TPSA) is 49.3 Å². The molecule has 2 rings (SSSR count). The zero-order valence-corrected chi connectivity index (χ0v) is 16.1. The lowest BCUT2D eigenvalue weighted by molar-refractivity contribution is -0.137. The third-order valence-electron chi connectivity index (χ3n) is 4.38. The Morgan fingerprint density at radius 1 is 1.00 bits per heavy atom. The van der Waals surface area contributed by atoms with E-state index in [1.54, 1.807) is 0 Å². The minimum absolute atomic E-state index is 0.163. The molecular weight excluding hydrogens is 431 g/mol. The maximum absolute atomic E-state index is 13.1. The maximum Gasteiger partial charge on any atom is 0.416 e. The highest BCUT2D eigenvalue weighted by atomic mass is 19.4. The molecule has 3 nitrogen and oxygen atoms in total. The van der Waals surface area contributed by atoms with Crippen molar-refractivity contribution >= 4 is 5.91 Å². The van der Waals surface area contributed by atoms with Crippen molar-refractivity contribution in [3.63, 3.8) is 0 Å². The number of amides is 1. The molecule has 0 spiro atoms. The van der Waals surface area contributed by atoms with Gasteiger partial charge in [-0.25, -0.2) is 4.39 Å². The summed E-state index contributed by atoms with van der Waals surface area (Å²) in [4.78, 5) is 12.2. The number of alkyl halides is 6. The molecule has 0 aliphatic heterocycles. The normalized spacial score (nSPS) is 14.8. The van der Waals surface area contributed by atoms with Crippen LogP contribution >= 0.6 is 0 Å². The van der Waals surface area contributed by atoms with Gasteiger partial charge in [0.05, 0.1) is 17.7 Å². The van der Waals surface area contributed by atoms with E-state index in [9.17, 15) is 40.6 Å². The average molecular weight is 449 g/mol. The molecule has 2 N–H and O–H groups in total. The summed E-state index contributed by atoms with van der Waals surface area (Å²) in [6, 6.07) is 7.24. The predicted octanol–water partition coefficient (Wildman–Crippen LogP) is 5.11. The summed E-state index contributed by atoms with van der Waals surface area (Å²) in [5.41, 5.74) is -1.12. The van der Waals surface area contributed by atoms with E-state index >= 15 is 0 Å². The molecule has 0 aromatic heterocycles. The quantitative estimate of drug-likeness (QED) is 0.476. The van der Waals surface area contributed by atoms with Gasteiger partial charge in [-0.05, 0) is 48.7 Å². The monoisotopic (exact) mass is 449 g/mol. The Morgan fingerprint density at radius 2 is 1.55 bits per heavy atom. The average Bonchev–Trinajstić information content (AvgIpc) is 2.66. The van der Waals surface area contributed by atoms with Crippen molar-refractivity contribution in [3.8, 4) is 0 Å². The van der Waals surface area contributed by atoms with Gasteiger partial charge in [-0.1, -0.05) is 24.3 Å². The number of aliphatic hydroxyl groups is 1. The molecule has 2 unspecified atom stereocenters. The minimum atomic E-state index is -4.74. The Labute approximate surface area is 173 Å². The number of carbonyl (C=O) groups excluding carboxylic acids is 1. The summed E-state index contributed by atoms with van der Waals surface area (Å²) in [5, 5.41) is 12.9. The van der Waals surface area contributed by atoms with Crippen molar-refractivity contribution in [1.82, 2.24) is 5.32 Å². The fraction of sp³-hybridized carbons (Fsp3) is 0.286. The molecule has 0 heterocycles. The van der Waals surface area contributed by atoms with Crippen LogP contribution in [0.15, 0.2) is 60.2 Å². The van der Waals surface area contributed by atoms with Crippen molar-refractivity contribution < 1.29 is 40.6 Å². The second-order valence-corrected chi connectivity index (χ2v) is 6.84. The van der Waals surface area contributed by atoms with Crippen molar-refractivity contribution in [1.29, 1.82) is 0 Å². The lowest BCUT2D eigenvalue weighted by Gasteiger charge is -2.25. The highest BCUT2D eigenvalue weighted by Crippen LogP contribution is 2.30. The predicted molar refractivity (Wildman–Crippen MR) is 98.3 cm³/mol. The molecule has 0 radical (unpaired) electrons. The molecule has 0 aliphatic rings. The summed E-state index contributed by atoms with van der Waals surface area (Å²) in [7, 11) is 0. The molecule has 0 saturated heterocycles. The van der Waals surface area contributed by atoms with Crippen molar-refractivity contribution in [2.45, 2.75) is 37.8 Å². The van der Waals surface area contributed by atoms with E-state index in [4.69, 9.17) is 0 Å². The molecular formula is C21H18F7NO2. The van der Waals surface area contributed by atoms with Gasteiger partial charge >= 0.3 is 12.4 Å². The number of halogens is 7. The van der Waals surface area contributed by atoms with Gasteiger partial charge in [0.15, 0.2) is 0 Å². The zero-order valence-electron chi connectivity index (χ0n) is 16.1. The summed E-state index contributed by atoms with van der Waals surface area (Å²) in [6.45, 7) is 0.933. The SMILES string of the molecule is C/C(=C\C(F)(F)F)C(=O)NC(Cc1ccc(C(F)(F)F)cc1)C(O)c1ccc(F)cc1. The third kappa shape index (κ3) is 7.39. The third-order valence-corrected chi connectivity index (χ3v) is 4.38. The van der Waals surface area contributed by atoms with E-state index in [-0.39, 0.29) is 23.6 Å². The van der Waals surface area contributed by atoms with Crippen LogP contribution in [-0.4, -0.2) is 23.2 Å². The molecule has 2 aromatic carbocycles. The van der Waals surface area contributed by atoms with Crippen LogP contribution in [0.5, 0.6) is 0 Å². The first-order valence-corrected chi connectivity index (χ1v) is 8.93. The molecule has 0 fully saturated rings. The van der Waals surface area contributed by atoms with E-state index in [1.165, 1.54) is 12.1 Å². The molecule has 0 saturated carbocycles. The molecule has 10 heteroatoms. The number of nitrogens with one attached hydrogen (secondary N) is 1. The van der Waals surface area contributed by atoms with E-state index in [2.05, 4.69) is 5.32 Å². The van der Waals surface area contributed by atoms with Gasteiger partial charge in [-0.3, -0.25) is 4.79 Å².